The van der Waals surface area contributed by atoms with Gasteiger partial charge in [0.25, 0.3) is 0 Å². The van der Waals surface area contributed by atoms with Crippen molar-refractivity contribution in [1.29, 1.82) is 0 Å². The number of esters is 1. The number of aromatic hydroxyl groups is 1. The molecule has 114 valence electrons. The maximum Gasteiger partial charge on any atom is 0.573 e. The number of nitrogens with two attached hydrogens (primary N) is 1. The maximum atomic E-state index is 12.0. The van der Waals surface area contributed by atoms with Crippen molar-refractivity contribution in [3.63, 3.8) is 0 Å². The van der Waals surface area contributed by atoms with E-state index >= 15 is 0 Å². The van der Waals surface area contributed by atoms with Crippen LogP contribution in [0, 0.1) is 0 Å². The fraction of sp³-hybridized carbons (Fsp3) is 0.364. The SMILES string of the molecule is COC(=O)C[C@@H](N)c1cc(OC(F)(F)F)ccc1O.Cl. The van der Waals surface area contributed by atoms with Gasteiger partial charge in [-0.3, -0.25) is 4.79 Å². The number of ether oxygens (including phenoxy) is 2. The first-order chi connectivity index (χ1) is 8.73. The molecule has 0 radical (unpaired) electrons. The molecule has 5 nitrogen and oxygen atoms in total. The van der Waals surface area contributed by atoms with Crippen LogP contribution in [0.15, 0.2) is 18.2 Å². The van der Waals surface area contributed by atoms with Gasteiger partial charge in [-0.1, -0.05) is 0 Å². The molecule has 0 aromatic heterocycles. The molecule has 0 saturated heterocycles. The Morgan fingerprint density at radius 3 is 2.55 bits per heavy atom. The summed E-state index contributed by atoms with van der Waals surface area (Å²) in [6, 6.07) is 1.88. The monoisotopic (exact) mass is 315 g/mol. The zero-order valence-electron chi connectivity index (χ0n) is 10.3. The molecule has 0 saturated carbocycles. The van der Waals surface area contributed by atoms with Crippen molar-refractivity contribution >= 4 is 18.4 Å². The summed E-state index contributed by atoms with van der Waals surface area (Å²) in [4.78, 5) is 11.0. The smallest absolute Gasteiger partial charge is 0.508 e. The number of phenolic OH excluding ortho intramolecular Hbond substituents is 1. The number of carbonyl (C=O) groups is 1. The minimum absolute atomic E-state index is 0. The standard InChI is InChI=1S/C11H12F3NO4.ClH/c1-18-10(17)5-8(15)7-4-6(2-3-9(7)16)19-11(12,13)14;/h2-4,8,16H,5,15H2,1H3;1H/t8-;/m1./s1. The van der Waals surface area contributed by atoms with E-state index in [1.165, 1.54) is 0 Å². The summed E-state index contributed by atoms with van der Waals surface area (Å²) in [5.74, 6) is -1.50. The predicted molar refractivity (Wildman–Crippen MR) is 65.6 cm³/mol. The second-order valence-electron chi connectivity index (χ2n) is 3.66. The summed E-state index contributed by atoms with van der Waals surface area (Å²) < 4.78 is 44.2. The van der Waals surface area contributed by atoms with Crippen molar-refractivity contribution in [2.45, 2.75) is 18.8 Å². The highest BCUT2D eigenvalue weighted by molar-refractivity contribution is 5.85. The minimum atomic E-state index is -4.85. The Labute approximate surface area is 118 Å². The number of benzene rings is 1. The second-order valence-corrected chi connectivity index (χ2v) is 3.66. The Morgan fingerprint density at radius 2 is 2.05 bits per heavy atom. The lowest BCUT2D eigenvalue weighted by Gasteiger charge is -2.15. The number of methoxy groups -OCH3 is 1. The van der Waals surface area contributed by atoms with Crippen molar-refractivity contribution in [3.8, 4) is 11.5 Å². The number of alkyl halides is 3. The minimum Gasteiger partial charge on any atom is -0.508 e. The second kappa shape index (κ2) is 7.20. The van der Waals surface area contributed by atoms with E-state index in [4.69, 9.17) is 5.73 Å². The van der Waals surface area contributed by atoms with E-state index in [-0.39, 0.29) is 30.1 Å². The third-order valence-corrected chi connectivity index (χ3v) is 2.25. The molecular weight excluding hydrogens is 303 g/mol. The van der Waals surface area contributed by atoms with E-state index in [1.807, 2.05) is 0 Å². The zero-order valence-corrected chi connectivity index (χ0v) is 11.1. The highest BCUT2D eigenvalue weighted by atomic mass is 35.5. The van der Waals surface area contributed by atoms with E-state index in [9.17, 15) is 23.1 Å². The zero-order chi connectivity index (χ0) is 14.6. The molecule has 1 rings (SSSR count). The Balaban J connectivity index is 0.00000361. The highest BCUT2D eigenvalue weighted by Crippen LogP contribution is 2.31. The largest absolute Gasteiger partial charge is 0.573 e. The van der Waals surface area contributed by atoms with Crippen LogP contribution in [-0.4, -0.2) is 24.5 Å². The lowest BCUT2D eigenvalue weighted by Crippen LogP contribution is -2.19. The summed E-state index contributed by atoms with van der Waals surface area (Å²) in [7, 11) is 1.15. The van der Waals surface area contributed by atoms with E-state index in [2.05, 4.69) is 9.47 Å². The molecule has 0 unspecified atom stereocenters. The molecule has 1 aromatic carbocycles. The third-order valence-electron chi connectivity index (χ3n) is 2.25. The van der Waals surface area contributed by atoms with Crippen molar-refractivity contribution in [1.82, 2.24) is 0 Å². The van der Waals surface area contributed by atoms with Gasteiger partial charge in [-0.25, -0.2) is 0 Å². The highest BCUT2D eigenvalue weighted by Gasteiger charge is 2.31. The van der Waals surface area contributed by atoms with Gasteiger partial charge in [-0.2, -0.15) is 0 Å². The quantitative estimate of drug-likeness (QED) is 0.833. The van der Waals surface area contributed by atoms with Crippen LogP contribution in [0.2, 0.25) is 0 Å². The summed E-state index contributed by atoms with van der Waals surface area (Å²) in [5.41, 5.74) is 5.57. The van der Waals surface area contributed by atoms with Gasteiger partial charge in [0.05, 0.1) is 13.5 Å². The third kappa shape index (κ3) is 5.54. The predicted octanol–water partition coefficient (Wildman–Crippen LogP) is 2.28. The van der Waals surface area contributed by atoms with Gasteiger partial charge in [-0.15, -0.1) is 25.6 Å². The number of hydrogen-bond acceptors (Lipinski definition) is 5. The average Bonchev–Trinajstić information content (AvgIpc) is 2.29. The Bertz CT molecular complexity index is 467. The van der Waals surface area contributed by atoms with Crippen LogP contribution < -0.4 is 10.5 Å². The molecule has 0 aliphatic carbocycles. The van der Waals surface area contributed by atoms with Gasteiger partial charge >= 0.3 is 12.3 Å². The number of halogens is 4. The van der Waals surface area contributed by atoms with Crippen LogP contribution in [0.5, 0.6) is 11.5 Å². The molecule has 1 atom stereocenters. The van der Waals surface area contributed by atoms with Crippen LogP contribution in [0.1, 0.15) is 18.0 Å². The van der Waals surface area contributed by atoms with Crippen LogP contribution >= 0.6 is 12.4 Å². The number of rotatable bonds is 4. The fourth-order valence-electron chi connectivity index (χ4n) is 1.40. The Kier molecular flexibility index (Phi) is 6.60. The van der Waals surface area contributed by atoms with Crippen molar-refractivity contribution in [3.05, 3.63) is 23.8 Å². The number of hydrogen-bond donors (Lipinski definition) is 2. The topological polar surface area (TPSA) is 81.8 Å². The van der Waals surface area contributed by atoms with Crippen LogP contribution in [0.25, 0.3) is 0 Å². The van der Waals surface area contributed by atoms with Crippen LogP contribution in [0.3, 0.4) is 0 Å². The Hall–Kier alpha value is -1.67. The molecular formula is C11H13ClF3NO4. The first-order valence-electron chi connectivity index (χ1n) is 5.14. The van der Waals surface area contributed by atoms with Gasteiger partial charge in [0.2, 0.25) is 0 Å². The van der Waals surface area contributed by atoms with Crippen LogP contribution in [-0.2, 0) is 9.53 Å². The summed E-state index contributed by atoms with van der Waals surface area (Å²) >= 11 is 0. The molecule has 20 heavy (non-hydrogen) atoms. The van der Waals surface area contributed by atoms with Crippen molar-refractivity contribution in [2.75, 3.05) is 7.11 Å². The molecule has 0 spiro atoms. The summed E-state index contributed by atoms with van der Waals surface area (Å²) in [6.07, 6.45) is -5.12. The van der Waals surface area contributed by atoms with Gasteiger partial charge in [0.1, 0.15) is 11.5 Å². The first kappa shape index (κ1) is 18.3. The molecule has 0 bridgehead atoms. The molecule has 3 N–H and O–H groups in total. The van der Waals surface area contributed by atoms with Gasteiger partial charge < -0.3 is 20.3 Å². The fourth-order valence-corrected chi connectivity index (χ4v) is 1.40. The molecule has 0 amide bonds. The molecule has 0 aliphatic rings. The van der Waals surface area contributed by atoms with E-state index in [0.717, 1.165) is 25.3 Å². The lowest BCUT2D eigenvalue weighted by molar-refractivity contribution is -0.274. The molecule has 9 heteroatoms. The van der Waals surface area contributed by atoms with Gasteiger partial charge in [0.15, 0.2) is 0 Å². The van der Waals surface area contributed by atoms with E-state index in [1.54, 1.807) is 0 Å². The molecule has 1 aromatic rings. The van der Waals surface area contributed by atoms with Crippen molar-refractivity contribution < 1.29 is 32.5 Å². The summed E-state index contributed by atoms with van der Waals surface area (Å²) in [5, 5.41) is 9.52. The molecule has 0 fully saturated rings. The van der Waals surface area contributed by atoms with E-state index < -0.39 is 24.1 Å². The normalized spacial score (nSPS) is 12.2. The number of carbonyl (C=O) groups excluding carboxylic acids is 1. The lowest BCUT2D eigenvalue weighted by atomic mass is 10.0. The first-order valence-corrected chi connectivity index (χ1v) is 5.14. The van der Waals surface area contributed by atoms with Crippen LogP contribution in [0.4, 0.5) is 13.2 Å². The average molecular weight is 316 g/mol. The molecule has 0 aliphatic heterocycles. The Morgan fingerprint density at radius 1 is 1.45 bits per heavy atom. The number of phenols is 1. The molecule has 0 heterocycles. The van der Waals surface area contributed by atoms with Gasteiger partial charge in [0, 0.05) is 11.6 Å². The van der Waals surface area contributed by atoms with Crippen molar-refractivity contribution in [2.24, 2.45) is 5.73 Å². The van der Waals surface area contributed by atoms with E-state index in [0.29, 0.717) is 0 Å². The summed E-state index contributed by atoms with van der Waals surface area (Å²) in [6.45, 7) is 0. The van der Waals surface area contributed by atoms with Gasteiger partial charge in [-0.05, 0) is 18.2 Å². The maximum absolute atomic E-state index is 12.0.